The summed E-state index contributed by atoms with van der Waals surface area (Å²) in [7, 11) is 0. The minimum absolute atomic E-state index is 0.0223. The van der Waals surface area contributed by atoms with Crippen LogP contribution in [-0.2, 0) is 6.42 Å². The molecule has 2 aromatic rings. The predicted molar refractivity (Wildman–Crippen MR) is 82.6 cm³/mol. The number of ether oxygens (including phenoxy) is 1. The van der Waals surface area contributed by atoms with Crippen molar-refractivity contribution in [3.05, 3.63) is 39.7 Å². The lowest BCUT2D eigenvalue weighted by Gasteiger charge is -2.08. The van der Waals surface area contributed by atoms with E-state index in [1.54, 1.807) is 18.3 Å². The van der Waals surface area contributed by atoms with E-state index >= 15 is 0 Å². The van der Waals surface area contributed by atoms with E-state index in [0.29, 0.717) is 11.6 Å². The van der Waals surface area contributed by atoms with E-state index in [2.05, 4.69) is 6.07 Å². The van der Waals surface area contributed by atoms with Crippen LogP contribution in [0.15, 0.2) is 24.3 Å². The molecule has 0 radical (unpaired) electrons. The van der Waals surface area contributed by atoms with Crippen LogP contribution in [0.4, 0.5) is 0 Å². The van der Waals surface area contributed by atoms with Crippen molar-refractivity contribution in [2.45, 2.75) is 25.6 Å². The number of nitrogens with two attached hydrogens (primary N) is 1. The first kappa shape index (κ1) is 13.9. The third kappa shape index (κ3) is 2.44. The number of rotatable bonds is 3. The molecule has 0 aliphatic carbocycles. The first-order valence-corrected chi connectivity index (χ1v) is 7.75. The molecule has 0 saturated carbocycles. The summed E-state index contributed by atoms with van der Waals surface area (Å²) < 4.78 is 5.73. The fourth-order valence-corrected chi connectivity index (χ4v) is 3.61. The molecule has 20 heavy (non-hydrogen) atoms. The summed E-state index contributed by atoms with van der Waals surface area (Å²) in [6.45, 7) is 2.26. The molecule has 1 aromatic carbocycles. The molecule has 1 aromatic heterocycles. The number of hydrogen-bond acceptors (Lipinski definition) is 4. The molecular weight excluding hydrogens is 294 g/mol. The average Bonchev–Trinajstić information content (AvgIpc) is 3.05. The highest BCUT2D eigenvalue weighted by Gasteiger charge is 2.25. The highest BCUT2D eigenvalue weighted by atomic mass is 35.5. The van der Waals surface area contributed by atoms with Crippen molar-refractivity contribution in [2.24, 2.45) is 5.73 Å². The van der Waals surface area contributed by atoms with Crippen LogP contribution in [0.2, 0.25) is 5.02 Å². The molecule has 106 valence electrons. The lowest BCUT2D eigenvalue weighted by molar-refractivity contribution is 0.203. The van der Waals surface area contributed by atoms with Gasteiger partial charge in [-0.1, -0.05) is 11.6 Å². The first-order valence-electron chi connectivity index (χ1n) is 6.55. The van der Waals surface area contributed by atoms with Crippen LogP contribution in [0.3, 0.4) is 0 Å². The van der Waals surface area contributed by atoms with Crippen LogP contribution in [0.5, 0.6) is 5.75 Å². The summed E-state index contributed by atoms with van der Waals surface area (Å²) in [4.78, 5) is 2.05. The maximum Gasteiger partial charge on any atom is 0.141 e. The van der Waals surface area contributed by atoms with Crippen molar-refractivity contribution in [2.75, 3.05) is 6.54 Å². The van der Waals surface area contributed by atoms with Crippen molar-refractivity contribution in [1.82, 2.24) is 0 Å². The molecular formula is C15H16ClNO2S. The van der Waals surface area contributed by atoms with Gasteiger partial charge in [0.1, 0.15) is 11.9 Å². The van der Waals surface area contributed by atoms with Gasteiger partial charge >= 0.3 is 0 Å². The number of thiophene rings is 1. The molecule has 1 aliphatic heterocycles. The topological polar surface area (TPSA) is 55.5 Å². The number of aliphatic hydroxyl groups is 1. The SMILES string of the molecule is CC(O)c1ccc(-c2cc(Cl)c3c(c2)CC(CN)O3)s1. The molecule has 2 unspecified atom stereocenters. The smallest absolute Gasteiger partial charge is 0.141 e. The quantitative estimate of drug-likeness (QED) is 0.914. The maximum atomic E-state index is 9.61. The fourth-order valence-electron chi connectivity index (χ4n) is 2.39. The van der Waals surface area contributed by atoms with Gasteiger partial charge in [-0.05, 0) is 36.8 Å². The zero-order valence-corrected chi connectivity index (χ0v) is 12.7. The molecule has 3 rings (SSSR count). The summed E-state index contributed by atoms with van der Waals surface area (Å²) in [5.41, 5.74) is 7.82. The van der Waals surface area contributed by atoms with Crippen molar-refractivity contribution in [3.8, 4) is 16.2 Å². The van der Waals surface area contributed by atoms with Crippen LogP contribution in [-0.4, -0.2) is 17.8 Å². The fraction of sp³-hybridized carbons (Fsp3) is 0.333. The lowest BCUT2D eigenvalue weighted by Crippen LogP contribution is -2.24. The van der Waals surface area contributed by atoms with E-state index in [1.165, 1.54) is 0 Å². The second kappa shape index (κ2) is 5.37. The molecule has 2 atom stereocenters. The summed E-state index contributed by atoms with van der Waals surface area (Å²) in [5.74, 6) is 0.762. The Balaban J connectivity index is 1.98. The predicted octanol–water partition coefficient (Wildman–Crippen LogP) is 3.38. The lowest BCUT2D eigenvalue weighted by atomic mass is 10.1. The van der Waals surface area contributed by atoms with Gasteiger partial charge in [-0.15, -0.1) is 11.3 Å². The van der Waals surface area contributed by atoms with Crippen LogP contribution < -0.4 is 10.5 Å². The third-order valence-electron chi connectivity index (χ3n) is 3.44. The van der Waals surface area contributed by atoms with Gasteiger partial charge in [-0.2, -0.15) is 0 Å². The number of benzene rings is 1. The Morgan fingerprint density at radius 3 is 2.95 bits per heavy atom. The van der Waals surface area contributed by atoms with Gasteiger partial charge in [0, 0.05) is 28.3 Å². The summed E-state index contributed by atoms with van der Waals surface area (Å²) >= 11 is 7.89. The highest BCUT2D eigenvalue weighted by molar-refractivity contribution is 7.15. The Kier molecular flexibility index (Phi) is 3.73. The molecule has 0 bridgehead atoms. The van der Waals surface area contributed by atoms with Crippen molar-refractivity contribution in [1.29, 1.82) is 0 Å². The van der Waals surface area contributed by atoms with Crippen molar-refractivity contribution < 1.29 is 9.84 Å². The standard InChI is InChI=1S/C15H16ClNO2S/c1-8(18)13-2-3-14(20-13)9-4-10-5-11(7-17)19-15(10)12(16)6-9/h2-4,6,8,11,18H,5,7,17H2,1H3. The first-order chi connectivity index (χ1) is 9.58. The van der Waals surface area contributed by atoms with Gasteiger partial charge in [0.25, 0.3) is 0 Å². The van der Waals surface area contributed by atoms with Crippen LogP contribution >= 0.6 is 22.9 Å². The van der Waals surface area contributed by atoms with E-state index in [9.17, 15) is 5.11 Å². The van der Waals surface area contributed by atoms with Gasteiger partial charge in [0.05, 0.1) is 11.1 Å². The van der Waals surface area contributed by atoms with E-state index in [1.807, 2.05) is 18.2 Å². The molecule has 0 spiro atoms. The van der Waals surface area contributed by atoms with E-state index in [-0.39, 0.29) is 6.10 Å². The minimum atomic E-state index is -0.441. The summed E-state index contributed by atoms with van der Waals surface area (Å²) in [6.07, 6.45) is 0.381. The number of hydrogen-bond donors (Lipinski definition) is 2. The second-order valence-electron chi connectivity index (χ2n) is 5.00. The zero-order chi connectivity index (χ0) is 14.3. The Hall–Kier alpha value is -1.07. The van der Waals surface area contributed by atoms with Gasteiger partial charge in [0.15, 0.2) is 0 Å². The number of aliphatic hydroxyl groups excluding tert-OH is 1. The second-order valence-corrected chi connectivity index (χ2v) is 6.53. The summed E-state index contributed by atoms with van der Waals surface area (Å²) in [6, 6.07) is 7.98. The Labute approximate surface area is 126 Å². The molecule has 0 amide bonds. The third-order valence-corrected chi connectivity index (χ3v) is 5.02. The molecule has 3 nitrogen and oxygen atoms in total. The van der Waals surface area contributed by atoms with Gasteiger partial charge in [-0.3, -0.25) is 0 Å². The monoisotopic (exact) mass is 309 g/mol. The largest absolute Gasteiger partial charge is 0.487 e. The van der Waals surface area contributed by atoms with E-state index in [4.69, 9.17) is 22.1 Å². The minimum Gasteiger partial charge on any atom is -0.487 e. The van der Waals surface area contributed by atoms with Crippen LogP contribution in [0, 0.1) is 0 Å². The number of halogens is 1. The highest BCUT2D eigenvalue weighted by Crippen LogP contribution is 2.41. The zero-order valence-electron chi connectivity index (χ0n) is 11.1. The van der Waals surface area contributed by atoms with Crippen molar-refractivity contribution >= 4 is 22.9 Å². The van der Waals surface area contributed by atoms with E-state index in [0.717, 1.165) is 33.1 Å². The molecule has 3 N–H and O–H groups in total. The van der Waals surface area contributed by atoms with Crippen LogP contribution in [0.25, 0.3) is 10.4 Å². The summed E-state index contributed by atoms with van der Waals surface area (Å²) in [5, 5.41) is 10.2. The maximum absolute atomic E-state index is 9.61. The van der Waals surface area contributed by atoms with Crippen LogP contribution in [0.1, 0.15) is 23.5 Å². The molecule has 5 heteroatoms. The Bertz CT molecular complexity index is 639. The number of fused-ring (bicyclic) bond motifs is 1. The van der Waals surface area contributed by atoms with E-state index < -0.39 is 6.10 Å². The Morgan fingerprint density at radius 1 is 1.50 bits per heavy atom. The van der Waals surface area contributed by atoms with Crippen molar-refractivity contribution in [3.63, 3.8) is 0 Å². The molecule has 0 fully saturated rings. The van der Waals surface area contributed by atoms with Gasteiger partial charge < -0.3 is 15.6 Å². The average molecular weight is 310 g/mol. The molecule has 0 saturated heterocycles. The van der Waals surface area contributed by atoms with Gasteiger partial charge in [0.2, 0.25) is 0 Å². The Morgan fingerprint density at radius 2 is 2.30 bits per heavy atom. The molecule has 2 heterocycles. The normalized spacial score (nSPS) is 18.7. The molecule has 1 aliphatic rings. The van der Waals surface area contributed by atoms with Gasteiger partial charge in [-0.25, -0.2) is 0 Å².